The normalized spacial score (nSPS) is 10.5. The first kappa shape index (κ1) is 25.4. The molecule has 0 saturated carbocycles. The third kappa shape index (κ3) is 11.4. The Morgan fingerprint density at radius 1 is 1.00 bits per heavy atom. The van der Waals surface area contributed by atoms with Crippen LogP contribution in [-0.4, -0.2) is 26.7 Å². The smallest absolute Gasteiger partial charge is 0.426 e. The van der Waals surface area contributed by atoms with E-state index in [1.807, 2.05) is 36.4 Å². The van der Waals surface area contributed by atoms with Gasteiger partial charge in [-0.2, -0.15) is 0 Å². The van der Waals surface area contributed by atoms with E-state index in [-0.39, 0.29) is 6.61 Å². The maximum atomic E-state index is 9.99. The highest BCUT2D eigenvalue weighted by atomic mass is 32.3. The highest BCUT2D eigenvalue weighted by Gasteiger charge is 2.14. The van der Waals surface area contributed by atoms with Crippen LogP contribution >= 0.6 is 0 Å². The maximum absolute atomic E-state index is 9.99. The van der Waals surface area contributed by atoms with Crippen molar-refractivity contribution in [3.05, 3.63) is 53.5 Å². The number of hydrogen-bond donors (Lipinski definition) is 1. The maximum Gasteiger partial charge on any atom is 0.426 e. The monoisotopic (exact) mass is 435 g/mol. The van der Waals surface area contributed by atoms with E-state index in [1.165, 1.54) is 26.4 Å². The Morgan fingerprint density at radius 3 is 2.27 bits per heavy atom. The summed E-state index contributed by atoms with van der Waals surface area (Å²) in [6, 6.07) is 15.1. The van der Waals surface area contributed by atoms with Gasteiger partial charge in [-0.15, -0.1) is 0 Å². The minimum Gasteiger partial charge on any atom is -0.726 e. The molecular formula is C21H29N3O5S. The molecule has 0 fully saturated rings. The first-order valence-corrected chi connectivity index (χ1v) is 11.2. The van der Waals surface area contributed by atoms with E-state index in [1.54, 1.807) is 12.1 Å². The van der Waals surface area contributed by atoms with Crippen molar-refractivity contribution in [3.8, 4) is 5.75 Å². The largest absolute Gasteiger partial charge is 0.726 e. The molecule has 0 bridgehead atoms. The van der Waals surface area contributed by atoms with Crippen molar-refractivity contribution in [3.63, 3.8) is 0 Å². The summed E-state index contributed by atoms with van der Waals surface area (Å²) in [4.78, 5) is 3.14. The number of hydrogen-bond acceptors (Lipinski definition) is 7. The Morgan fingerprint density at radius 2 is 1.67 bits per heavy atom. The van der Waals surface area contributed by atoms with Crippen LogP contribution < -0.4 is 10.1 Å². The fourth-order valence-corrected chi connectivity index (χ4v) is 2.89. The van der Waals surface area contributed by atoms with Gasteiger partial charge in [0.05, 0.1) is 13.7 Å². The van der Waals surface area contributed by atoms with Crippen molar-refractivity contribution in [1.29, 1.82) is 5.39 Å². The van der Waals surface area contributed by atoms with E-state index in [4.69, 9.17) is 10.1 Å². The molecule has 0 saturated heterocycles. The third-order valence-corrected chi connectivity index (χ3v) is 4.53. The minimum atomic E-state index is -4.47. The van der Waals surface area contributed by atoms with Crippen LogP contribution in [0.1, 0.15) is 45.4 Å². The predicted octanol–water partition coefficient (Wildman–Crippen LogP) is 5.75. The zero-order valence-electron chi connectivity index (χ0n) is 17.4. The summed E-state index contributed by atoms with van der Waals surface area (Å²) in [7, 11) is -2.93. The van der Waals surface area contributed by atoms with Crippen LogP contribution in [0, 0.1) is 5.39 Å². The number of benzene rings is 2. The van der Waals surface area contributed by atoms with Gasteiger partial charge in [0, 0.05) is 23.5 Å². The topological polar surface area (TPSA) is 116 Å². The van der Waals surface area contributed by atoms with Gasteiger partial charge in [-0.25, -0.2) is 8.42 Å². The number of diazo groups is 1. The predicted molar refractivity (Wildman–Crippen MR) is 116 cm³/mol. The first-order valence-electron chi connectivity index (χ1n) is 9.85. The van der Waals surface area contributed by atoms with E-state index in [0.717, 1.165) is 24.2 Å². The van der Waals surface area contributed by atoms with Crippen LogP contribution in [-0.2, 0) is 14.6 Å². The molecule has 30 heavy (non-hydrogen) atoms. The molecule has 2 aromatic carbocycles. The van der Waals surface area contributed by atoms with Crippen molar-refractivity contribution >= 4 is 27.5 Å². The zero-order chi connectivity index (χ0) is 22.2. The van der Waals surface area contributed by atoms with Gasteiger partial charge in [-0.3, -0.25) is 4.18 Å². The fourth-order valence-electron chi connectivity index (χ4n) is 2.57. The number of methoxy groups -OCH3 is 1. The highest BCUT2D eigenvalue weighted by Crippen LogP contribution is 2.31. The van der Waals surface area contributed by atoms with Crippen LogP contribution in [0.2, 0.25) is 0 Å². The lowest BCUT2D eigenvalue weighted by Gasteiger charge is -2.06. The summed E-state index contributed by atoms with van der Waals surface area (Å²) in [5.41, 5.74) is 2.27. The number of unbranched alkanes of at least 4 members (excludes halogenated alkanes) is 5. The van der Waals surface area contributed by atoms with Crippen molar-refractivity contribution < 1.29 is 21.9 Å². The Labute approximate surface area is 178 Å². The second-order valence-corrected chi connectivity index (χ2v) is 7.53. The summed E-state index contributed by atoms with van der Waals surface area (Å²) in [5.74, 6) is 0.522. The second-order valence-electron chi connectivity index (χ2n) is 6.48. The molecule has 0 atom stereocenters. The fraction of sp³-hybridized carbons (Fsp3) is 0.429. The zero-order valence-corrected chi connectivity index (χ0v) is 18.2. The molecule has 2 rings (SSSR count). The van der Waals surface area contributed by atoms with Crippen molar-refractivity contribution in [1.82, 2.24) is 0 Å². The summed E-state index contributed by atoms with van der Waals surface area (Å²) < 4.78 is 39.1. The Hall–Kier alpha value is -2.67. The van der Waals surface area contributed by atoms with Crippen molar-refractivity contribution in [2.45, 2.75) is 45.4 Å². The number of nitrogens with one attached hydrogen (secondary N) is 1. The third-order valence-electron chi connectivity index (χ3n) is 4.08. The first-order chi connectivity index (χ1) is 14.4. The number of rotatable bonds is 11. The molecule has 164 valence electrons. The van der Waals surface area contributed by atoms with E-state index in [0.29, 0.717) is 17.9 Å². The van der Waals surface area contributed by atoms with Crippen molar-refractivity contribution in [2.75, 3.05) is 19.0 Å². The molecule has 0 unspecified atom stereocenters. The van der Waals surface area contributed by atoms with Gasteiger partial charge < -0.3 is 14.6 Å². The molecule has 0 heterocycles. The van der Waals surface area contributed by atoms with Gasteiger partial charge in [-0.05, 0) is 24.6 Å². The molecule has 1 N–H and O–H groups in total. The molecular weight excluding hydrogens is 406 g/mol. The molecule has 0 amide bonds. The SMILES string of the molecule is CCCCCCCCOS(=O)(=O)[O-].COc1cc(Nc2ccccc2)ccc1[N+]#N. The average molecular weight is 436 g/mol. The summed E-state index contributed by atoms with van der Waals surface area (Å²) in [6.07, 6.45) is 6.21. The van der Waals surface area contributed by atoms with Gasteiger partial charge in [0.2, 0.25) is 21.5 Å². The van der Waals surface area contributed by atoms with Crippen LogP contribution in [0.15, 0.2) is 48.5 Å². The number of nitrogens with zero attached hydrogens (tertiary/aromatic N) is 2. The number of para-hydroxylation sites is 1. The van der Waals surface area contributed by atoms with E-state index in [9.17, 15) is 13.0 Å². The Balaban J connectivity index is 0.000000314. The minimum absolute atomic E-state index is 0.0258. The van der Waals surface area contributed by atoms with Crippen LogP contribution in [0.25, 0.3) is 4.98 Å². The van der Waals surface area contributed by atoms with E-state index >= 15 is 0 Å². The summed E-state index contributed by atoms with van der Waals surface area (Å²) in [5, 5.41) is 12.0. The molecule has 8 nitrogen and oxygen atoms in total. The lowest BCUT2D eigenvalue weighted by atomic mass is 10.1. The summed E-state index contributed by atoms with van der Waals surface area (Å²) >= 11 is 0. The molecule has 0 aromatic heterocycles. The van der Waals surface area contributed by atoms with Crippen LogP contribution in [0.4, 0.5) is 17.1 Å². The molecule has 0 aliphatic heterocycles. The van der Waals surface area contributed by atoms with Gasteiger partial charge in [0.1, 0.15) is 0 Å². The Kier molecular flexibility index (Phi) is 12.1. The van der Waals surface area contributed by atoms with Crippen LogP contribution in [0.3, 0.4) is 0 Å². The molecule has 9 heteroatoms. The molecule has 0 spiro atoms. The summed E-state index contributed by atoms with van der Waals surface area (Å²) in [6.45, 7) is 2.16. The quantitative estimate of drug-likeness (QED) is 0.207. The molecule has 0 radical (unpaired) electrons. The lowest BCUT2D eigenvalue weighted by molar-refractivity contribution is 0.255. The molecule has 0 aliphatic carbocycles. The van der Waals surface area contributed by atoms with E-state index in [2.05, 4.69) is 21.4 Å². The number of ether oxygens (including phenoxy) is 1. The van der Waals surface area contributed by atoms with E-state index < -0.39 is 10.4 Å². The van der Waals surface area contributed by atoms with Gasteiger partial charge in [0.25, 0.3) is 0 Å². The van der Waals surface area contributed by atoms with Gasteiger partial charge >= 0.3 is 5.69 Å². The van der Waals surface area contributed by atoms with Gasteiger partial charge in [0.15, 0.2) is 4.98 Å². The highest BCUT2D eigenvalue weighted by molar-refractivity contribution is 7.80. The van der Waals surface area contributed by atoms with Crippen molar-refractivity contribution in [2.24, 2.45) is 0 Å². The molecule has 0 aliphatic rings. The number of anilines is 2. The lowest BCUT2D eigenvalue weighted by Crippen LogP contribution is -2.05. The Bertz CT molecular complexity index is 883. The second kappa shape index (κ2) is 14.3. The average Bonchev–Trinajstić information content (AvgIpc) is 2.73. The molecule has 2 aromatic rings. The van der Waals surface area contributed by atoms with Gasteiger partial charge in [-0.1, -0.05) is 57.2 Å². The standard InChI is InChI=1S/C13H12N3O.C8H18O4S/c1-17-13-9-11(7-8-12(13)16-14)15-10-5-3-2-4-6-10;1-2-3-4-5-6-7-8-12-13(9,10)11/h2-9,15H,1H3;2-8H2,1H3,(H,9,10,11)/q+1;/p-1. The van der Waals surface area contributed by atoms with Crippen LogP contribution in [0.5, 0.6) is 5.75 Å².